The SMILES string of the molecule is CCCCSc1ccc([C@H](C)O)cc1F. The van der Waals surface area contributed by atoms with Crippen LogP contribution in [-0.2, 0) is 0 Å². The summed E-state index contributed by atoms with van der Waals surface area (Å²) in [5.41, 5.74) is 0.632. The molecule has 1 aromatic carbocycles. The fourth-order valence-electron chi connectivity index (χ4n) is 1.22. The third-order valence-corrected chi connectivity index (χ3v) is 3.33. The summed E-state index contributed by atoms with van der Waals surface area (Å²) in [6, 6.07) is 4.94. The third kappa shape index (κ3) is 3.84. The molecule has 84 valence electrons. The zero-order valence-electron chi connectivity index (χ0n) is 9.16. The molecule has 0 aromatic heterocycles. The van der Waals surface area contributed by atoms with Crippen LogP contribution >= 0.6 is 11.8 Å². The second-order valence-corrected chi connectivity index (χ2v) is 4.70. The lowest BCUT2D eigenvalue weighted by atomic mass is 10.1. The van der Waals surface area contributed by atoms with Crippen molar-refractivity contribution in [3.05, 3.63) is 29.6 Å². The van der Waals surface area contributed by atoms with Crippen molar-refractivity contribution in [1.29, 1.82) is 0 Å². The van der Waals surface area contributed by atoms with Gasteiger partial charge in [0.15, 0.2) is 0 Å². The highest BCUT2D eigenvalue weighted by molar-refractivity contribution is 7.99. The van der Waals surface area contributed by atoms with Crippen LogP contribution < -0.4 is 0 Å². The van der Waals surface area contributed by atoms with Gasteiger partial charge in [-0.2, -0.15) is 0 Å². The van der Waals surface area contributed by atoms with E-state index in [-0.39, 0.29) is 5.82 Å². The largest absolute Gasteiger partial charge is 0.389 e. The van der Waals surface area contributed by atoms with Crippen LogP contribution in [0, 0.1) is 5.82 Å². The zero-order chi connectivity index (χ0) is 11.3. The van der Waals surface area contributed by atoms with Gasteiger partial charge in [-0.05, 0) is 36.8 Å². The first-order valence-corrected chi connectivity index (χ1v) is 6.24. The Hall–Kier alpha value is -0.540. The maximum Gasteiger partial charge on any atom is 0.137 e. The Kier molecular flexibility index (Phi) is 5.12. The molecule has 0 aliphatic carbocycles. The Morgan fingerprint density at radius 2 is 2.20 bits per heavy atom. The maximum atomic E-state index is 13.5. The third-order valence-electron chi connectivity index (χ3n) is 2.19. The van der Waals surface area contributed by atoms with Gasteiger partial charge in [0.1, 0.15) is 5.82 Å². The van der Waals surface area contributed by atoms with E-state index in [0.29, 0.717) is 10.5 Å². The van der Waals surface area contributed by atoms with Crippen LogP contribution in [0.25, 0.3) is 0 Å². The number of aliphatic hydroxyl groups is 1. The summed E-state index contributed by atoms with van der Waals surface area (Å²) in [6.45, 7) is 3.76. The van der Waals surface area contributed by atoms with Gasteiger partial charge < -0.3 is 5.11 Å². The van der Waals surface area contributed by atoms with E-state index >= 15 is 0 Å². The molecular formula is C12H17FOS. The van der Waals surface area contributed by atoms with Crippen molar-refractivity contribution < 1.29 is 9.50 Å². The molecule has 3 heteroatoms. The topological polar surface area (TPSA) is 20.2 Å². The number of halogens is 1. The van der Waals surface area contributed by atoms with Crippen molar-refractivity contribution in [3.8, 4) is 0 Å². The molecule has 0 radical (unpaired) electrons. The van der Waals surface area contributed by atoms with Gasteiger partial charge in [0.25, 0.3) is 0 Å². The van der Waals surface area contributed by atoms with Crippen molar-refractivity contribution in [3.63, 3.8) is 0 Å². The highest BCUT2D eigenvalue weighted by Crippen LogP contribution is 2.25. The lowest BCUT2D eigenvalue weighted by Gasteiger charge is -2.07. The van der Waals surface area contributed by atoms with Crippen LogP contribution in [-0.4, -0.2) is 10.9 Å². The van der Waals surface area contributed by atoms with Gasteiger partial charge in [-0.3, -0.25) is 0 Å². The van der Waals surface area contributed by atoms with Gasteiger partial charge >= 0.3 is 0 Å². The first-order valence-electron chi connectivity index (χ1n) is 5.25. The molecule has 0 heterocycles. The average molecular weight is 228 g/mol. The van der Waals surface area contributed by atoms with Crippen LogP contribution in [0.15, 0.2) is 23.1 Å². The van der Waals surface area contributed by atoms with Crippen molar-refractivity contribution in [2.45, 2.75) is 37.7 Å². The molecule has 0 bridgehead atoms. The van der Waals surface area contributed by atoms with E-state index in [1.807, 2.05) is 0 Å². The monoisotopic (exact) mass is 228 g/mol. The summed E-state index contributed by atoms with van der Waals surface area (Å²) >= 11 is 1.54. The molecular weight excluding hydrogens is 211 g/mol. The van der Waals surface area contributed by atoms with Gasteiger partial charge in [-0.25, -0.2) is 4.39 Å². The summed E-state index contributed by atoms with van der Waals surface area (Å²) in [4.78, 5) is 0.674. The standard InChI is InChI=1S/C12H17FOS/c1-3-4-7-15-12-6-5-10(9(2)14)8-11(12)13/h5-6,8-9,14H,3-4,7H2,1-2H3/t9-/m0/s1. The zero-order valence-corrected chi connectivity index (χ0v) is 9.98. The molecule has 1 nitrogen and oxygen atoms in total. The van der Waals surface area contributed by atoms with Crippen LogP contribution in [0.5, 0.6) is 0 Å². The second-order valence-electron chi connectivity index (χ2n) is 3.57. The summed E-state index contributed by atoms with van der Waals surface area (Å²) in [7, 11) is 0. The molecule has 0 amide bonds. The Balaban J connectivity index is 2.66. The first-order chi connectivity index (χ1) is 7.15. The fraction of sp³-hybridized carbons (Fsp3) is 0.500. The van der Waals surface area contributed by atoms with Crippen LogP contribution in [0.2, 0.25) is 0 Å². The molecule has 15 heavy (non-hydrogen) atoms. The molecule has 0 aliphatic heterocycles. The number of aliphatic hydroxyl groups excluding tert-OH is 1. The number of hydrogen-bond donors (Lipinski definition) is 1. The lowest BCUT2D eigenvalue weighted by Crippen LogP contribution is -1.93. The molecule has 1 N–H and O–H groups in total. The summed E-state index contributed by atoms with van der Waals surface area (Å²) in [5, 5.41) is 9.28. The van der Waals surface area contributed by atoms with E-state index in [1.54, 1.807) is 19.1 Å². The van der Waals surface area contributed by atoms with Crippen molar-refractivity contribution >= 4 is 11.8 Å². The van der Waals surface area contributed by atoms with E-state index < -0.39 is 6.10 Å². The number of thioether (sulfide) groups is 1. The molecule has 1 rings (SSSR count). The molecule has 1 atom stereocenters. The highest BCUT2D eigenvalue weighted by atomic mass is 32.2. The fourth-order valence-corrected chi connectivity index (χ4v) is 2.23. The highest BCUT2D eigenvalue weighted by Gasteiger charge is 2.06. The summed E-state index contributed by atoms with van der Waals surface area (Å²) < 4.78 is 13.5. The van der Waals surface area contributed by atoms with Crippen LogP contribution in [0.4, 0.5) is 4.39 Å². The number of benzene rings is 1. The predicted octanol–water partition coefficient (Wildman–Crippen LogP) is 3.77. The van der Waals surface area contributed by atoms with Crippen LogP contribution in [0.1, 0.15) is 38.4 Å². The minimum absolute atomic E-state index is 0.227. The van der Waals surface area contributed by atoms with Crippen LogP contribution in [0.3, 0.4) is 0 Å². The average Bonchev–Trinajstić information content (AvgIpc) is 2.20. The molecule has 0 aliphatic rings. The molecule has 0 unspecified atom stereocenters. The normalized spacial score (nSPS) is 12.8. The molecule has 0 fully saturated rings. The van der Waals surface area contributed by atoms with Crippen molar-refractivity contribution in [2.24, 2.45) is 0 Å². The lowest BCUT2D eigenvalue weighted by molar-refractivity contribution is 0.198. The van der Waals surface area contributed by atoms with Gasteiger partial charge in [-0.15, -0.1) is 11.8 Å². The number of hydrogen-bond acceptors (Lipinski definition) is 2. The van der Waals surface area contributed by atoms with E-state index in [4.69, 9.17) is 0 Å². The Bertz CT molecular complexity index is 312. The van der Waals surface area contributed by atoms with Crippen molar-refractivity contribution in [1.82, 2.24) is 0 Å². The molecule has 0 saturated carbocycles. The van der Waals surface area contributed by atoms with Gasteiger partial charge in [0, 0.05) is 4.90 Å². The van der Waals surface area contributed by atoms with Gasteiger partial charge in [0.2, 0.25) is 0 Å². The molecule has 0 saturated heterocycles. The minimum Gasteiger partial charge on any atom is -0.389 e. The van der Waals surface area contributed by atoms with Gasteiger partial charge in [-0.1, -0.05) is 19.4 Å². The minimum atomic E-state index is -0.603. The quantitative estimate of drug-likeness (QED) is 0.611. The van der Waals surface area contributed by atoms with E-state index in [2.05, 4.69) is 6.92 Å². The molecule has 1 aromatic rings. The van der Waals surface area contributed by atoms with Crippen molar-refractivity contribution in [2.75, 3.05) is 5.75 Å². The first kappa shape index (κ1) is 12.5. The Morgan fingerprint density at radius 3 is 2.73 bits per heavy atom. The summed E-state index contributed by atoms with van der Waals surface area (Å²) in [5.74, 6) is 0.719. The van der Waals surface area contributed by atoms with E-state index in [9.17, 15) is 9.50 Å². The maximum absolute atomic E-state index is 13.5. The molecule has 0 spiro atoms. The smallest absolute Gasteiger partial charge is 0.137 e. The van der Waals surface area contributed by atoms with Gasteiger partial charge in [0.05, 0.1) is 6.10 Å². The van der Waals surface area contributed by atoms with E-state index in [1.165, 1.54) is 17.8 Å². The second kappa shape index (κ2) is 6.13. The summed E-state index contributed by atoms with van der Waals surface area (Å²) in [6.07, 6.45) is 1.62. The van der Waals surface area contributed by atoms with E-state index in [0.717, 1.165) is 18.6 Å². The Morgan fingerprint density at radius 1 is 1.47 bits per heavy atom. The predicted molar refractivity (Wildman–Crippen MR) is 62.7 cm³/mol. The number of unbranched alkanes of at least 4 members (excludes halogenated alkanes) is 1. The number of rotatable bonds is 5. The Labute approximate surface area is 94.7 Å².